The molecule has 39 heavy (non-hydrogen) atoms. The number of aryl methyl sites for hydroxylation is 1. The van der Waals surface area contributed by atoms with Crippen LogP contribution < -0.4 is 10.9 Å². The second-order valence-corrected chi connectivity index (χ2v) is 11.8. The molecule has 4 aromatic rings. The van der Waals surface area contributed by atoms with E-state index in [9.17, 15) is 18.0 Å². The van der Waals surface area contributed by atoms with Gasteiger partial charge in [0.2, 0.25) is 15.7 Å². The lowest BCUT2D eigenvalue weighted by Gasteiger charge is -2.32. The summed E-state index contributed by atoms with van der Waals surface area (Å²) in [6.45, 7) is 4.50. The molecule has 8 nitrogen and oxygen atoms in total. The van der Waals surface area contributed by atoms with E-state index < -0.39 is 9.84 Å². The van der Waals surface area contributed by atoms with Crippen LogP contribution in [0.2, 0.25) is 0 Å². The number of carbonyl (C=O) groups is 1. The molecule has 0 aliphatic carbocycles. The number of fused-ring (bicyclic) bond motifs is 1. The Kier molecular flexibility index (Phi) is 7.90. The largest absolute Gasteiger partial charge is 0.326 e. The highest BCUT2D eigenvalue weighted by molar-refractivity contribution is 7.91. The van der Waals surface area contributed by atoms with Crippen molar-refractivity contribution in [2.75, 3.05) is 25.0 Å². The average Bonchev–Trinajstić information content (AvgIpc) is 2.95. The van der Waals surface area contributed by atoms with E-state index in [1.54, 1.807) is 54.6 Å². The molecule has 0 atom stereocenters. The zero-order valence-electron chi connectivity index (χ0n) is 21.9. The monoisotopic (exact) mass is 544 g/mol. The van der Waals surface area contributed by atoms with Gasteiger partial charge in [-0.1, -0.05) is 48.5 Å². The van der Waals surface area contributed by atoms with Crippen molar-refractivity contribution in [2.45, 2.75) is 48.6 Å². The summed E-state index contributed by atoms with van der Waals surface area (Å²) in [5.74, 6) is 0.359. The summed E-state index contributed by atoms with van der Waals surface area (Å²) in [6, 6.07) is 23.0. The van der Waals surface area contributed by atoms with Crippen molar-refractivity contribution in [3.8, 4) is 0 Å². The fraction of sp³-hybridized carbons (Fsp3) is 0.300. The van der Waals surface area contributed by atoms with Gasteiger partial charge in [0.1, 0.15) is 0 Å². The number of piperidine rings is 1. The highest BCUT2D eigenvalue weighted by atomic mass is 32.2. The standard InChI is InChI=1S/C30H32N4O4S/c1-22(35)31-25-10-7-9-24(21-25)23-15-19-33(20-16-23)17-8-18-34-30(36)28-14-6-5-13-27(28)29(32-34)39(37,38)26-11-3-2-4-12-26/h2-7,9-14,21,23H,8,15-20H2,1H3,(H,31,35). The van der Waals surface area contributed by atoms with Gasteiger partial charge >= 0.3 is 0 Å². The molecule has 2 heterocycles. The van der Waals surface area contributed by atoms with E-state index in [2.05, 4.69) is 27.4 Å². The number of rotatable bonds is 8. The van der Waals surface area contributed by atoms with Crippen molar-refractivity contribution in [3.05, 3.63) is 94.8 Å². The number of carbonyl (C=O) groups excluding carboxylic acids is 1. The van der Waals surface area contributed by atoms with Crippen LogP contribution in [0.1, 0.15) is 37.7 Å². The topological polar surface area (TPSA) is 101 Å². The van der Waals surface area contributed by atoms with Gasteiger partial charge in [0.25, 0.3) is 5.56 Å². The molecule has 1 aliphatic rings. The quantitative estimate of drug-likeness (QED) is 0.352. The van der Waals surface area contributed by atoms with Gasteiger partial charge in [-0.25, -0.2) is 13.1 Å². The number of anilines is 1. The van der Waals surface area contributed by atoms with E-state index >= 15 is 0 Å². The Morgan fingerprint density at radius 3 is 2.33 bits per heavy atom. The van der Waals surface area contributed by atoms with Crippen molar-refractivity contribution in [1.29, 1.82) is 0 Å². The molecule has 1 aromatic heterocycles. The van der Waals surface area contributed by atoms with Gasteiger partial charge in [0.05, 0.1) is 10.3 Å². The van der Waals surface area contributed by atoms with E-state index in [4.69, 9.17) is 0 Å². The van der Waals surface area contributed by atoms with Gasteiger partial charge in [-0.05, 0) is 80.7 Å². The minimum absolute atomic E-state index is 0.0771. The van der Waals surface area contributed by atoms with Crippen molar-refractivity contribution < 1.29 is 13.2 Å². The molecule has 0 unspecified atom stereocenters. The smallest absolute Gasteiger partial charge is 0.274 e. The van der Waals surface area contributed by atoms with Gasteiger partial charge in [-0.15, -0.1) is 0 Å². The Hall–Kier alpha value is -3.82. The molecule has 0 saturated carbocycles. The van der Waals surface area contributed by atoms with Gasteiger partial charge in [-0.2, -0.15) is 5.10 Å². The average molecular weight is 545 g/mol. The maximum atomic E-state index is 13.4. The minimum Gasteiger partial charge on any atom is -0.326 e. The third-order valence-electron chi connectivity index (χ3n) is 7.25. The van der Waals surface area contributed by atoms with Gasteiger partial charge in [0.15, 0.2) is 5.03 Å². The molecular weight excluding hydrogens is 512 g/mol. The Bertz CT molecular complexity index is 1640. The third-order valence-corrected chi connectivity index (χ3v) is 8.96. The molecule has 1 aliphatic heterocycles. The number of hydrogen-bond acceptors (Lipinski definition) is 6. The molecule has 0 radical (unpaired) electrons. The molecule has 1 amide bonds. The normalized spacial score (nSPS) is 14.9. The van der Waals surface area contributed by atoms with Crippen LogP contribution in [0, 0.1) is 0 Å². The first kappa shape index (κ1) is 26.8. The van der Waals surface area contributed by atoms with Gasteiger partial charge < -0.3 is 10.2 Å². The van der Waals surface area contributed by atoms with Crippen LogP contribution in [0.4, 0.5) is 5.69 Å². The molecular formula is C30H32N4O4S. The highest BCUT2D eigenvalue weighted by Crippen LogP contribution is 2.30. The van der Waals surface area contributed by atoms with Gasteiger partial charge in [-0.3, -0.25) is 9.59 Å². The van der Waals surface area contributed by atoms with E-state index in [-0.39, 0.29) is 21.4 Å². The molecule has 5 rings (SSSR count). The number of likely N-dealkylation sites (tertiary alicyclic amines) is 1. The van der Waals surface area contributed by atoms with Crippen LogP contribution in [0.25, 0.3) is 10.8 Å². The van der Waals surface area contributed by atoms with Crippen LogP contribution in [0.5, 0.6) is 0 Å². The predicted octanol–water partition coefficient (Wildman–Crippen LogP) is 4.46. The van der Waals surface area contributed by atoms with E-state index in [1.165, 1.54) is 17.2 Å². The lowest BCUT2D eigenvalue weighted by atomic mass is 9.89. The SMILES string of the molecule is CC(=O)Nc1cccc(C2CCN(CCCn3nc(S(=O)(=O)c4ccccc4)c4ccccc4c3=O)CC2)c1. The maximum absolute atomic E-state index is 13.4. The number of amides is 1. The number of nitrogens with one attached hydrogen (secondary N) is 1. The molecule has 9 heteroatoms. The van der Waals surface area contributed by atoms with Crippen LogP contribution in [0.3, 0.4) is 0 Å². The second kappa shape index (κ2) is 11.5. The first-order valence-corrected chi connectivity index (χ1v) is 14.7. The molecule has 0 spiro atoms. The maximum Gasteiger partial charge on any atom is 0.274 e. The Morgan fingerprint density at radius 2 is 1.62 bits per heavy atom. The Morgan fingerprint density at radius 1 is 0.923 bits per heavy atom. The van der Waals surface area contributed by atoms with Crippen molar-refractivity contribution >= 4 is 32.2 Å². The summed E-state index contributed by atoms with van der Waals surface area (Å²) in [5.41, 5.74) is 1.78. The second-order valence-electron chi connectivity index (χ2n) is 9.97. The highest BCUT2D eigenvalue weighted by Gasteiger charge is 2.25. The van der Waals surface area contributed by atoms with Gasteiger partial charge in [0, 0.05) is 24.5 Å². The number of aromatic nitrogens is 2. The Labute approximate surface area is 228 Å². The summed E-state index contributed by atoms with van der Waals surface area (Å²) >= 11 is 0. The molecule has 0 bridgehead atoms. The van der Waals surface area contributed by atoms with Crippen molar-refractivity contribution in [1.82, 2.24) is 14.7 Å². The summed E-state index contributed by atoms with van der Waals surface area (Å²) in [5, 5.41) is 7.83. The van der Waals surface area contributed by atoms with Crippen LogP contribution in [0.15, 0.2) is 93.6 Å². The summed E-state index contributed by atoms with van der Waals surface area (Å²) in [6.07, 6.45) is 2.70. The number of nitrogens with zero attached hydrogens (tertiary/aromatic N) is 3. The Balaban J connectivity index is 1.27. The molecule has 1 fully saturated rings. The molecule has 202 valence electrons. The summed E-state index contributed by atoms with van der Waals surface area (Å²) in [4.78, 5) is 27.1. The lowest BCUT2D eigenvalue weighted by molar-refractivity contribution is -0.114. The zero-order valence-corrected chi connectivity index (χ0v) is 22.7. The minimum atomic E-state index is -3.90. The van der Waals surface area contributed by atoms with Crippen LogP contribution in [-0.4, -0.2) is 48.6 Å². The first-order chi connectivity index (χ1) is 18.8. The van der Waals surface area contributed by atoms with E-state index in [1.807, 2.05) is 12.1 Å². The molecule has 1 saturated heterocycles. The lowest BCUT2D eigenvalue weighted by Crippen LogP contribution is -2.35. The first-order valence-electron chi connectivity index (χ1n) is 13.2. The summed E-state index contributed by atoms with van der Waals surface area (Å²) < 4.78 is 28.2. The number of benzene rings is 3. The van der Waals surface area contributed by atoms with E-state index in [0.29, 0.717) is 29.7 Å². The third kappa shape index (κ3) is 5.94. The number of hydrogen-bond donors (Lipinski definition) is 1. The molecule has 3 aromatic carbocycles. The van der Waals surface area contributed by atoms with Crippen molar-refractivity contribution in [2.24, 2.45) is 0 Å². The fourth-order valence-electron chi connectivity index (χ4n) is 5.27. The van der Waals surface area contributed by atoms with E-state index in [0.717, 1.165) is 38.2 Å². The fourth-order valence-corrected chi connectivity index (χ4v) is 6.69. The predicted molar refractivity (Wildman–Crippen MR) is 152 cm³/mol. The van der Waals surface area contributed by atoms with Crippen LogP contribution in [-0.2, 0) is 21.2 Å². The number of sulfone groups is 1. The van der Waals surface area contributed by atoms with Crippen molar-refractivity contribution in [3.63, 3.8) is 0 Å². The van der Waals surface area contributed by atoms with Crippen LogP contribution >= 0.6 is 0 Å². The zero-order chi connectivity index (χ0) is 27.4. The summed E-state index contributed by atoms with van der Waals surface area (Å²) in [7, 11) is -3.90. The molecule has 1 N–H and O–H groups in total.